The van der Waals surface area contributed by atoms with Crippen molar-refractivity contribution in [2.45, 2.75) is 33.2 Å². The average Bonchev–Trinajstić information content (AvgIpc) is 3.28. The third-order valence-electron chi connectivity index (χ3n) is 5.93. The molecule has 0 aliphatic heterocycles. The first-order valence-corrected chi connectivity index (χ1v) is 13.1. The summed E-state index contributed by atoms with van der Waals surface area (Å²) in [5.74, 6) is -0.744. The number of unbranched alkanes of at least 4 members (excludes halogenated alkanes) is 1. The molecule has 2 amide bonds. The zero-order valence-electron chi connectivity index (χ0n) is 21.8. The van der Waals surface area contributed by atoms with Gasteiger partial charge in [-0.15, -0.1) is 11.3 Å². The van der Waals surface area contributed by atoms with Crippen LogP contribution >= 0.6 is 11.3 Å². The molecule has 39 heavy (non-hydrogen) atoms. The molecule has 0 unspecified atom stereocenters. The normalized spacial score (nSPS) is 10.7. The van der Waals surface area contributed by atoms with Crippen LogP contribution in [0.25, 0.3) is 10.2 Å². The number of methoxy groups -OCH3 is 1. The van der Waals surface area contributed by atoms with Gasteiger partial charge in [-0.25, -0.2) is 9.78 Å². The molecule has 2 heterocycles. The predicted octanol–water partition coefficient (Wildman–Crippen LogP) is 4.62. The van der Waals surface area contributed by atoms with Crippen molar-refractivity contribution in [3.63, 3.8) is 0 Å². The van der Waals surface area contributed by atoms with Gasteiger partial charge in [0.15, 0.2) is 0 Å². The van der Waals surface area contributed by atoms with Crippen molar-refractivity contribution in [1.82, 2.24) is 9.55 Å². The Kier molecular flexibility index (Phi) is 8.72. The van der Waals surface area contributed by atoms with E-state index in [1.54, 1.807) is 55.5 Å². The molecule has 0 aliphatic carbocycles. The lowest BCUT2D eigenvalue weighted by atomic mass is 10.2. The molecule has 11 heteroatoms. The van der Waals surface area contributed by atoms with Crippen LogP contribution in [0.3, 0.4) is 0 Å². The molecule has 0 spiro atoms. The molecule has 2 N–H and O–H groups in total. The number of rotatable bonds is 10. The number of nitrogens with zero attached hydrogens (tertiary/aromatic N) is 2. The lowest BCUT2D eigenvalue weighted by Crippen LogP contribution is -2.28. The van der Waals surface area contributed by atoms with Crippen LogP contribution in [0.2, 0.25) is 0 Å². The van der Waals surface area contributed by atoms with Crippen LogP contribution < -0.4 is 20.9 Å². The first kappa shape index (κ1) is 27.5. The van der Waals surface area contributed by atoms with Crippen molar-refractivity contribution >= 4 is 50.7 Å². The summed E-state index contributed by atoms with van der Waals surface area (Å²) < 4.78 is 11.7. The van der Waals surface area contributed by atoms with Crippen molar-refractivity contribution in [3.05, 3.63) is 81.2 Å². The van der Waals surface area contributed by atoms with Crippen LogP contribution in [0.15, 0.2) is 59.7 Å². The maximum Gasteiger partial charge on any atom is 0.338 e. The Morgan fingerprint density at radius 3 is 2.51 bits per heavy atom. The van der Waals surface area contributed by atoms with Crippen LogP contribution in [0, 0.1) is 6.92 Å². The minimum Gasteiger partial charge on any atom is -0.495 e. The summed E-state index contributed by atoms with van der Waals surface area (Å²) in [4.78, 5) is 56.0. The molecule has 0 aliphatic rings. The fraction of sp³-hybridized carbons (Fsp3) is 0.250. The molecule has 2 aromatic carbocycles. The van der Waals surface area contributed by atoms with Gasteiger partial charge in [0.25, 0.3) is 11.5 Å². The summed E-state index contributed by atoms with van der Waals surface area (Å²) in [6, 6.07) is 13.3. The number of nitrogens with one attached hydrogen (secondary N) is 2. The summed E-state index contributed by atoms with van der Waals surface area (Å²) in [5, 5.41) is 5.81. The Morgan fingerprint density at radius 2 is 1.79 bits per heavy atom. The number of para-hydroxylation sites is 2. The van der Waals surface area contributed by atoms with E-state index >= 15 is 0 Å². The van der Waals surface area contributed by atoms with Crippen molar-refractivity contribution in [2.24, 2.45) is 0 Å². The number of fused-ring (bicyclic) bond motifs is 1. The number of anilines is 2. The molecule has 0 saturated heterocycles. The van der Waals surface area contributed by atoms with Gasteiger partial charge in [-0.2, -0.15) is 0 Å². The molecular weight excluding hydrogens is 520 g/mol. The Labute approximate surface area is 228 Å². The molecule has 0 atom stereocenters. The largest absolute Gasteiger partial charge is 0.495 e. The topological polar surface area (TPSA) is 129 Å². The molecule has 0 bridgehead atoms. The van der Waals surface area contributed by atoms with Crippen LogP contribution in [0.5, 0.6) is 5.75 Å². The van der Waals surface area contributed by atoms with E-state index in [0.717, 1.165) is 24.2 Å². The van der Waals surface area contributed by atoms with Crippen molar-refractivity contribution in [2.75, 3.05) is 24.4 Å². The second-order valence-corrected chi connectivity index (χ2v) is 9.68. The highest BCUT2D eigenvalue weighted by Crippen LogP contribution is 2.29. The van der Waals surface area contributed by atoms with E-state index in [0.29, 0.717) is 44.6 Å². The van der Waals surface area contributed by atoms with E-state index in [2.05, 4.69) is 15.6 Å². The SMILES string of the molecule is CCCCOC(=O)c1ccc(NC(=O)Cn2cnc3sc(C(=O)Nc4ccccc4OC)c(C)c3c2=O)cc1. The summed E-state index contributed by atoms with van der Waals surface area (Å²) in [7, 11) is 1.51. The third-order valence-corrected chi connectivity index (χ3v) is 7.13. The van der Waals surface area contributed by atoms with Crippen LogP contribution in [-0.4, -0.2) is 41.1 Å². The minimum atomic E-state index is -0.446. The van der Waals surface area contributed by atoms with Crippen LogP contribution in [0.1, 0.15) is 45.4 Å². The van der Waals surface area contributed by atoms with E-state index in [1.807, 2.05) is 6.92 Å². The summed E-state index contributed by atoms with van der Waals surface area (Å²) in [5.41, 5.74) is 1.41. The number of thiophene rings is 1. The van der Waals surface area contributed by atoms with Crippen molar-refractivity contribution in [1.29, 1.82) is 0 Å². The number of carbonyl (C=O) groups excluding carboxylic acids is 3. The van der Waals surface area contributed by atoms with Gasteiger partial charge in [-0.3, -0.25) is 19.0 Å². The number of amides is 2. The molecule has 0 radical (unpaired) electrons. The van der Waals surface area contributed by atoms with Gasteiger partial charge in [0.2, 0.25) is 5.91 Å². The van der Waals surface area contributed by atoms with Gasteiger partial charge in [0.1, 0.15) is 17.1 Å². The van der Waals surface area contributed by atoms with E-state index in [9.17, 15) is 19.2 Å². The molecule has 0 fully saturated rings. The second-order valence-electron chi connectivity index (χ2n) is 8.68. The monoisotopic (exact) mass is 548 g/mol. The number of hydrogen-bond donors (Lipinski definition) is 2. The van der Waals surface area contributed by atoms with E-state index in [-0.39, 0.29) is 17.8 Å². The highest BCUT2D eigenvalue weighted by atomic mass is 32.1. The average molecular weight is 549 g/mol. The zero-order chi connectivity index (χ0) is 27.9. The van der Waals surface area contributed by atoms with Crippen LogP contribution in [-0.2, 0) is 16.1 Å². The number of ether oxygens (including phenoxy) is 2. The maximum atomic E-state index is 13.2. The summed E-state index contributed by atoms with van der Waals surface area (Å²) in [6.07, 6.45) is 3.01. The van der Waals surface area contributed by atoms with Gasteiger partial charge in [-0.05, 0) is 55.3 Å². The molecule has 2 aromatic heterocycles. The molecular formula is C28H28N4O6S. The van der Waals surface area contributed by atoms with Crippen molar-refractivity contribution in [3.8, 4) is 5.75 Å². The lowest BCUT2D eigenvalue weighted by Gasteiger charge is -2.09. The van der Waals surface area contributed by atoms with Crippen molar-refractivity contribution < 1.29 is 23.9 Å². The molecule has 10 nitrogen and oxygen atoms in total. The Hall–Kier alpha value is -4.51. The van der Waals surface area contributed by atoms with Gasteiger partial charge >= 0.3 is 5.97 Å². The quantitative estimate of drug-likeness (QED) is 0.219. The summed E-state index contributed by atoms with van der Waals surface area (Å²) >= 11 is 1.10. The highest BCUT2D eigenvalue weighted by Gasteiger charge is 2.21. The Morgan fingerprint density at radius 1 is 1.05 bits per heavy atom. The second kappa shape index (κ2) is 12.4. The van der Waals surface area contributed by atoms with Gasteiger partial charge in [-0.1, -0.05) is 25.5 Å². The number of benzene rings is 2. The first-order chi connectivity index (χ1) is 18.8. The minimum absolute atomic E-state index is 0.277. The first-order valence-electron chi connectivity index (χ1n) is 12.3. The molecule has 202 valence electrons. The maximum absolute atomic E-state index is 13.2. The standard InChI is InChI=1S/C28H28N4O6S/c1-4-5-14-38-28(36)18-10-12-19(13-11-18)30-22(33)15-32-16-29-26-23(27(32)35)17(2)24(39-26)25(34)31-20-8-6-7-9-21(20)37-3/h6-13,16H,4-5,14-15H2,1-3H3,(H,30,33)(H,31,34). The number of aryl methyl sites for hydroxylation is 1. The van der Waals surface area contributed by atoms with E-state index < -0.39 is 17.4 Å². The third kappa shape index (κ3) is 6.32. The molecule has 0 saturated carbocycles. The summed E-state index contributed by atoms with van der Waals surface area (Å²) in [6.45, 7) is 3.77. The smallest absolute Gasteiger partial charge is 0.338 e. The Balaban J connectivity index is 1.46. The van der Waals surface area contributed by atoms with E-state index in [4.69, 9.17) is 9.47 Å². The molecule has 4 aromatic rings. The predicted molar refractivity (Wildman–Crippen MR) is 150 cm³/mol. The highest BCUT2D eigenvalue weighted by molar-refractivity contribution is 7.20. The number of hydrogen-bond acceptors (Lipinski definition) is 8. The number of esters is 1. The number of carbonyl (C=O) groups is 3. The van der Waals surface area contributed by atoms with E-state index in [1.165, 1.54) is 18.0 Å². The zero-order valence-corrected chi connectivity index (χ0v) is 22.6. The Bertz CT molecular complexity index is 1580. The fourth-order valence-corrected chi connectivity index (χ4v) is 4.89. The van der Waals surface area contributed by atoms with Gasteiger partial charge in [0, 0.05) is 5.69 Å². The fourth-order valence-electron chi connectivity index (χ4n) is 3.85. The van der Waals surface area contributed by atoms with Gasteiger partial charge < -0.3 is 20.1 Å². The van der Waals surface area contributed by atoms with Gasteiger partial charge in [0.05, 0.1) is 41.6 Å². The van der Waals surface area contributed by atoms with Crippen LogP contribution in [0.4, 0.5) is 11.4 Å². The number of aromatic nitrogens is 2. The lowest BCUT2D eigenvalue weighted by molar-refractivity contribution is -0.116. The molecule has 4 rings (SSSR count).